The third-order valence-corrected chi connectivity index (χ3v) is 3.98. The van der Waals surface area contributed by atoms with Crippen molar-refractivity contribution in [3.8, 4) is 11.5 Å². The molecule has 0 radical (unpaired) electrons. The normalized spacial score (nSPS) is 11.8. The van der Waals surface area contributed by atoms with Crippen molar-refractivity contribution in [2.24, 2.45) is 0 Å². The van der Waals surface area contributed by atoms with Gasteiger partial charge in [0.1, 0.15) is 0 Å². The second-order valence-electron chi connectivity index (χ2n) is 5.38. The second kappa shape index (κ2) is 7.68. The molecule has 0 spiro atoms. The average Bonchev–Trinajstić information content (AvgIpc) is 2.59. The summed E-state index contributed by atoms with van der Waals surface area (Å²) in [7, 11) is 3.15. The van der Waals surface area contributed by atoms with Crippen molar-refractivity contribution in [3.63, 3.8) is 0 Å². The minimum atomic E-state index is -0.830. The number of aliphatic carboxylic acids is 1. The first-order chi connectivity index (χ1) is 11.1. The molecular formula is C19H22O4. The van der Waals surface area contributed by atoms with E-state index in [1.54, 1.807) is 20.3 Å². The Bertz CT molecular complexity index is 662. The lowest BCUT2D eigenvalue weighted by atomic mass is 9.91. The first kappa shape index (κ1) is 16.9. The Morgan fingerprint density at radius 3 is 2.13 bits per heavy atom. The van der Waals surface area contributed by atoms with Gasteiger partial charge in [-0.05, 0) is 41.7 Å². The average molecular weight is 314 g/mol. The molecule has 122 valence electrons. The highest BCUT2D eigenvalue weighted by Gasteiger charge is 2.21. The van der Waals surface area contributed by atoms with Crippen LogP contribution in [-0.4, -0.2) is 25.3 Å². The molecule has 0 aliphatic heterocycles. The Kier molecular flexibility index (Phi) is 5.63. The topological polar surface area (TPSA) is 55.8 Å². The number of carbonyl (C=O) groups is 1. The summed E-state index contributed by atoms with van der Waals surface area (Å²) in [5, 5.41) is 9.59. The van der Waals surface area contributed by atoms with Crippen LogP contribution in [0.15, 0.2) is 42.5 Å². The largest absolute Gasteiger partial charge is 0.493 e. The quantitative estimate of drug-likeness (QED) is 0.847. The maximum absolute atomic E-state index is 11.7. The molecule has 0 amide bonds. The van der Waals surface area contributed by atoms with E-state index in [9.17, 15) is 9.90 Å². The summed E-state index contributed by atoms with van der Waals surface area (Å²) in [6.07, 6.45) is 1.34. The summed E-state index contributed by atoms with van der Waals surface area (Å²) >= 11 is 0. The number of hydrogen-bond acceptors (Lipinski definition) is 3. The Labute approximate surface area is 136 Å². The first-order valence-corrected chi connectivity index (χ1v) is 7.61. The number of carboxylic acid groups (broad SMARTS) is 1. The number of aryl methyl sites for hydroxylation is 1. The maximum Gasteiger partial charge on any atom is 0.311 e. The van der Waals surface area contributed by atoms with Crippen molar-refractivity contribution in [1.82, 2.24) is 0 Å². The van der Waals surface area contributed by atoms with Crippen molar-refractivity contribution >= 4 is 5.97 Å². The summed E-state index contributed by atoms with van der Waals surface area (Å²) in [5.74, 6) is -0.172. The molecule has 0 saturated carbocycles. The molecule has 0 aliphatic carbocycles. The standard InChI is InChI=1S/C19H22O4/c1-4-13-5-8-15(9-6-13)16(19(20)21)11-14-7-10-17(22-2)18(12-14)23-3/h5-10,12,16H,4,11H2,1-3H3,(H,20,21). The molecule has 0 saturated heterocycles. The molecule has 2 rings (SSSR count). The molecule has 4 heteroatoms. The molecule has 1 N–H and O–H groups in total. The zero-order valence-corrected chi connectivity index (χ0v) is 13.7. The molecule has 0 bridgehead atoms. The fourth-order valence-corrected chi connectivity index (χ4v) is 2.58. The van der Waals surface area contributed by atoms with E-state index in [0.717, 1.165) is 17.5 Å². The fourth-order valence-electron chi connectivity index (χ4n) is 2.58. The molecule has 0 fully saturated rings. The summed E-state index contributed by atoms with van der Waals surface area (Å²) in [5.41, 5.74) is 2.91. The van der Waals surface area contributed by atoms with E-state index in [-0.39, 0.29) is 0 Å². The van der Waals surface area contributed by atoms with Gasteiger partial charge in [0.25, 0.3) is 0 Å². The number of ether oxygens (including phenoxy) is 2. The summed E-state index contributed by atoms with van der Waals surface area (Å²) < 4.78 is 10.5. The summed E-state index contributed by atoms with van der Waals surface area (Å²) in [6.45, 7) is 2.08. The lowest BCUT2D eigenvalue weighted by molar-refractivity contribution is -0.138. The summed E-state index contributed by atoms with van der Waals surface area (Å²) in [6, 6.07) is 13.3. The highest BCUT2D eigenvalue weighted by atomic mass is 16.5. The maximum atomic E-state index is 11.7. The summed E-state index contributed by atoms with van der Waals surface area (Å²) in [4.78, 5) is 11.7. The Morgan fingerprint density at radius 1 is 1.00 bits per heavy atom. The molecule has 0 heterocycles. The van der Waals surface area contributed by atoms with E-state index >= 15 is 0 Å². The van der Waals surface area contributed by atoms with Crippen molar-refractivity contribution in [3.05, 3.63) is 59.2 Å². The van der Waals surface area contributed by atoms with Gasteiger partial charge < -0.3 is 14.6 Å². The van der Waals surface area contributed by atoms with E-state index in [1.165, 1.54) is 5.56 Å². The van der Waals surface area contributed by atoms with Crippen LogP contribution in [-0.2, 0) is 17.6 Å². The van der Waals surface area contributed by atoms with E-state index in [2.05, 4.69) is 6.92 Å². The van der Waals surface area contributed by atoms with Crippen LogP contribution in [0.5, 0.6) is 11.5 Å². The van der Waals surface area contributed by atoms with Gasteiger partial charge in [-0.1, -0.05) is 37.3 Å². The van der Waals surface area contributed by atoms with Crippen LogP contribution >= 0.6 is 0 Å². The molecule has 4 nitrogen and oxygen atoms in total. The van der Waals surface area contributed by atoms with Crippen LogP contribution in [0.25, 0.3) is 0 Å². The highest BCUT2D eigenvalue weighted by Crippen LogP contribution is 2.30. The van der Waals surface area contributed by atoms with Crippen molar-refractivity contribution in [1.29, 1.82) is 0 Å². The van der Waals surface area contributed by atoms with Gasteiger partial charge in [0.15, 0.2) is 11.5 Å². The molecule has 0 aliphatic rings. The van der Waals surface area contributed by atoms with Crippen molar-refractivity contribution in [2.75, 3.05) is 14.2 Å². The lowest BCUT2D eigenvalue weighted by Gasteiger charge is -2.15. The smallest absolute Gasteiger partial charge is 0.311 e. The number of carboxylic acids is 1. The lowest BCUT2D eigenvalue weighted by Crippen LogP contribution is -2.14. The number of methoxy groups -OCH3 is 2. The zero-order chi connectivity index (χ0) is 16.8. The minimum absolute atomic E-state index is 0.404. The molecule has 1 atom stereocenters. The molecule has 23 heavy (non-hydrogen) atoms. The molecular weight excluding hydrogens is 292 g/mol. The van der Waals surface area contributed by atoms with Gasteiger partial charge in [0, 0.05) is 0 Å². The molecule has 2 aromatic rings. The van der Waals surface area contributed by atoms with E-state index < -0.39 is 11.9 Å². The van der Waals surface area contributed by atoms with Crippen LogP contribution < -0.4 is 9.47 Å². The van der Waals surface area contributed by atoms with Crippen molar-refractivity contribution < 1.29 is 19.4 Å². The van der Waals surface area contributed by atoms with Gasteiger partial charge in [-0.15, -0.1) is 0 Å². The first-order valence-electron chi connectivity index (χ1n) is 7.61. The Balaban J connectivity index is 2.27. The van der Waals surface area contributed by atoms with Gasteiger partial charge in [0.05, 0.1) is 20.1 Å². The van der Waals surface area contributed by atoms with Gasteiger partial charge in [0.2, 0.25) is 0 Å². The Morgan fingerprint density at radius 2 is 1.61 bits per heavy atom. The number of hydrogen-bond donors (Lipinski definition) is 1. The van der Waals surface area contributed by atoms with Crippen LogP contribution in [0, 0.1) is 0 Å². The van der Waals surface area contributed by atoms with Crippen LogP contribution in [0.3, 0.4) is 0 Å². The van der Waals surface area contributed by atoms with Gasteiger partial charge in [-0.25, -0.2) is 0 Å². The molecule has 1 unspecified atom stereocenters. The van der Waals surface area contributed by atoms with E-state index in [4.69, 9.17) is 9.47 Å². The van der Waals surface area contributed by atoms with Crippen LogP contribution in [0.4, 0.5) is 0 Å². The molecule has 0 aromatic heterocycles. The highest BCUT2D eigenvalue weighted by molar-refractivity contribution is 5.76. The minimum Gasteiger partial charge on any atom is -0.493 e. The zero-order valence-electron chi connectivity index (χ0n) is 13.7. The van der Waals surface area contributed by atoms with Gasteiger partial charge in [-0.2, -0.15) is 0 Å². The number of rotatable bonds is 7. The predicted octanol–water partition coefficient (Wildman–Crippen LogP) is 3.68. The predicted molar refractivity (Wildman–Crippen MR) is 89.4 cm³/mol. The van der Waals surface area contributed by atoms with Gasteiger partial charge in [-0.3, -0.25) is 4.79 Å². The number of benzene rings is 2. The van der Waals surface area contributed by atoms with Crippen molar-refractivity contribution in [2.45, 2.75) is 25.7 Å². The van der Waals surface area contributed by atoms with Gasteiger partial charge >= 0.3 is 5.97 Å². The molecule has 2 aromatic carbocycles. The SMILES string of the molecule is CCc1ccc(C(Cc2ccc(OC)c(OC)c2)C(=O)O)cc1. The Hall–Kier alpha value is -2.49. The third kappa shape index (κ3) is 4.03. The fraction of sp³-hybridized carbons (Fsp3) is 0.316. The van der Waals surface area contributed by atoms with Crippen LogP contribution in [0.1, 0.15) is 29.5 Å². The second-order valence-corrected chi connectivity index (χ2v) is 5.38. The van der Waals surface area contributed by atoms with E-state index in [0.29, 0.717) is 17.9 Å². The van der Waals surface area contributed by atoms with E-state index in [1.807, 2.05) is 36.4 Å². The van der Waals surface area contributed by atoms with Crippen LogP contribution in [0.2, 0.25) is 0 Å². The third-order valence-electron chi connectivity index (χ3n) is 3.98. The monoisotopic (exact) mass is 314 g/mol.